The Morgan fingerprint density at radius 3 is 3.11 bits per heavy atom. The van der Waals surface area contributed by atoms with Gasteiger partial charge >= 0.3 is 5.97 Å². The second kappa shape index (κ2) is 7.99. The van der Waals surface area contributed by atoms with E-state index in [2.05, 4.69) is 22.3 Å². The molecule has 1 saturated heterocycles. The number of nitrogens with zero attached hydrogens (tertiary/aromatic N) is 3. The molecule has 0 spiro atoms. The lowest BCUT2D eigenvalue weighted by Gasteiger charge is -2.39. The van der Waals surface area contributed by atoms with Crippen LogP contribution in [0.2, 0.25) is 0 Å². The summed E-state index contributed by atoms with van der Waals surface area (Å²) in [5.41, 5.74) is 7.54. The minimum atomic E-state index is -0.711. The lowest BCUT2D eigenvalue weighted by atomic mass is 9.85. The number of carbonyl (C=O) groups excluding carboxylic acids is 1. The highest BCUT2D eigenvalue weighted by atomic mass is 16.5. The molecule has 0 aromatic rings. The van der Waals surface area contributed by atoms with Crippen molar-refractivity contribution in [3.8, 4) is 0 Å². The quantitative estimate of drug-likeness (QED) is 0.251. The normalized spacial score (nSPS) is 26.5. The lowest BCUT2D eigenvalue weighted by molar-refractivity contribution is -0.156. The minimum absolute atomic E-state index is 0.0739. The van der Waals surface area contributed by atoms with Gasteiger partial charge in [-0.15, -0.1) is 0 Å². The molecule has 19 heavy (non-hydrogen) atoms. The van der Waals surface area contributed by atoms with Gasteiger partial charge in [0.2, 0.25) is 0 Å². The number of rotatable bonds is 7. The fraction of sp³-hybridized carbons (Fsp3) is 0.917. The third kappa shape index (κ3) is 4.38. The summed E-state index contributed by atoms with van der Waals surface area (Å²) in [5, 5.41) is 6.65. The second-order valence-electron chi connectivity index (χ2n) is 4.69. The summed E-state index contributed by atoms with van der Waals surface area (Å²) in [5.74, 6) is -0.266. The average Bonchev–Trinajstić information content (AvgIpc) is 2.43. The highest BCUT2D eigenvalue weighted by molar-refractivity contribution is 5.81. The Balaban J connectivity index is 2.68. The predicted octanol–water partition coefficient (Wildman–Crippen LogP) is 1.78. The Labute approximate surface area is 113 Å². The van der Waals surface area contributed by atoms with Crippen LogP contribution in [0, 0.1) is 0 Å². The molecule has 7 heteroatoms. The molecule has 1 fully saturated rings. The van der Waals surface area contributed by atoms with Crippen LogP contribution in [-0.4, -0.2) is 44.4 Å². The monoisotopic (exact) mass is 270 g/mol. The van der Waals surface area contributed by atoms with Crippen molar-refractivity contribution in [2.75, 3.05) is 26.8 Å². The van der Waals surface area contributed by atoms with Gasteiger partial charge < -0.3 is 14.8 Å². The first-order valence-corrected chi connectivity index (χ1v) is 6.64. The third-order valence-electron chi connectivity index (χ3n) is 3.38. The summed E-state index contributed by atoms with van der Waals surface area (Å²) < 4.78 is 10.6. The molecule has 0 aliphatic carbocycles. The SMILES string of the molecule is CCCC1CC(NCCN=[N+]=[N-])(C(=O)OC)CCO1. The van der Waals surface area contributed by atoms with Gasteiger partial charge in [-0.3, -0.25) is 4.79 Å². The van der Waals surface area contributed by atoms with E-state index in [-0.39, 0.29) is 12.1 Å². The Bertz CT molecular complexity index is 342. The minimum Gasteiger partial charge on any atom is -0.468 e. The molecular formula is C12H22N4O3. The van der Waals surface area contributed by atoms with E-state index in [9.17, 15) is 4.79 Å². The van der Waals surface area contributed by atoms with Gasteiger partial charge in [0, 0.05) is 31.0 Å². The molecule has 0 aromatic carbocycles. The molecule has 0 bridgehead atoms. The number of methoxy groups -OCH3 is 1. The summed E-state index contributed by atoms with van der Waals surface area (Å²) in [7, 11) is 1.39. The predicted molar refractivity (Wildman–Crippen MR) is 70.6 cm³/mol. The van der Waals surface area contributed by atoms with Crippen molar-refractivity contribution < 1.29 is 14.3 Å². The van der Waals surface area contributed by atoms with Crippen molar-refractivity contribution in [1.82, 2.24) is 5.32 Å². The molecule has 0 saturated carbocycles. The molecule has 0 amide bonds. The third-order valence-corrected chi connectivity index (χ3v) is 3.38. The van der Waals surface area contributed by atoms with E-state index in [1.807, 2.05) is 0 Å². The fourth-order valence-corrected chi connectivity index (χ4v) is 2.46. The molecule has 1 heterocycles. The summed E-state index contributed by atoms with van der Waals surface area (Å²) in [6.07, 6.45) is 3.20. The summed E-state index contributed by atoms with van der Waals surface area (Å²) in [6, 6.07) is 0. The Kier molecular flexibility index (Phi) is 6.62. The number of esters is 1. The maximum absolute atomic E-state index is 12.1. The molecule has 1 aliphatic heterocycles. The first kappa shape index (κ1) is 15.8. The highest BCUT2D eigenvalue weighted by Gasteiger charge is 2.43. The molecular weight excluding hydrogens is 248 g/mol. The van der Waals surface area contributed by atoms with Gasteiger partial charge in [-0.25, -0.2) is 0 Å². The first-order valence-electron chi connectivity index (χ1n) is 6.64. The zero-order valence-electron chi connectivity index (χ0n) is 11.6. The van der Waals surface area contributed by atoms with Crippen molar-refractivity contribution in [2.24, 2.45) is 5.11 Å². The second-order valence-corrected chi connectivity index (χ2v) is 4.69. The van der Waals surface area contributed by atoms with Gasteiger partial charge in [0.15, 0.2) is 0 Å². The van der Waals surface area contributed by atoms with Crippen LogP contribution in [0.5, 0.6) is 0 Å². The van der Waals surface area contributed by atoms with Crippen LogP contribution in [0.15, 0.2) is 5.11 Å². The van der Waals surface area contributed by atoms with Crippen LogP contribution in [0.25, 0.3) is 10.4 Å². The molecule has 1 aliphatic rings. The van der Waals surface area contributed by atoms with Gasteiger partial charge in [0.05, 0.1) is 13.2 Å². The number of ether oxygens (including phenoxy) is 2. The Morgan fingerprint density at radius 2 is 2.47 bits per heavy atom. The van der Waals surface area contributed by atoms with E-state index < -0.39 is 5.54 Å². The molecule has 7 nitrogen and oxygen atoms in total. The van der Waals surface area contributed by atoms with E-state index in [0.29, 0.717) is 32.5 Å². The topological polar surface area (TPSA) is 96.3 Å². The molecule has 0 radical (unpaired) electrons. The van der Waals surface area contributed by atoms with Crippen LogP contribution in [0.4, 0.5) is 0 Å². The molecule has 1 N–H and O–H groups in total. The Hall–Kier alpha value is -1.30. The van der Waals surface area contributed by atoms with Crippen LogP contribution < -0.4 is 5.32 Å². The Morgan fingerprint density at radius 1 is 1.68 bits per heavy atom. The van der Waals surface area contributed by atoms with E-state index in [1.165, 1.54) is 7.11 Å². The van der Waals surface area contributed by atoms with Gasteiger partial charge in [0.1, 0.15) is 5.54 Å². The van der Waals surface area contributed by atoms with Crippen LogP contribution in [0.1, 0.15) is 32.6 Å². The van der Waals surface area contributed by atoms with Crippen molar-refractivity contribution in [2.45, 2.75) is 44.2 Å². The highest BCUT2D eigenvalue weighted by Crippen LogP contribution is 2.28. The van der Waals surface area contributed by atoms with Crippen LogP contribution in [-0.2, 0) is 14.3 Å². The number of nitrogens with one attached hydrogen (secondary N) is 1. The van der Waals surface area contributed by atoms with Gasteiger partial charge in [-0.1, -0.05) is 18.5 Å². The number of azide groups is 1. The smallest absolute Gasteiger partial charge is 0.326 e. The zero-order chi connectivity index (χ0) is 14.1. The van der Waals surface area contributed by atoms with Crippen molar-refractivity contribution in [3.05, 3.63) is 10.4 Å². The van der Waals surface area contributed by atoms with Crippen molar-refractivity contribution in [3.63, 3.8) is 0 Å². The summed E-state index contributed by atoms with van der Waals surface area (Å²) >= 11 is 0. The van der Waals surface area contributed by atoms with E-state index in [1.54, 1.807) is 0 Å². The molecule has 108 valence electrons. The van der Waals surface area contributed by atoms with Gasteiger partial charge in [0.25, 0.3) is 0 Å². The summed E-state index contributed by atoms with van der Waals surface area (Å²) in [4.78, 5) is 14.8. The standard InChI is InChI=1S/C12H22N4O3/c1-3-4-10-9-12(5-8-19-10,11(17)18-2)14-6-7-15-16-13/h10,14H,3-9H2,1-2H3. The van der Waals surface area contributed by atoms with Gasteiger partial charge in [-0.05, 0) is 18.4 Å². The average molecular weight is 270 g/mol. The lowest BCUT2D eigenvalue weighted by Crippen LogP contribution is -2.58. The van der Waals surface area contributed by atoms with E-state index in [0.717, 1.165) is 12.8 Å². The van der Waals surface area contributed by atoms with Crippen molar-refractivity contribution in [1.29, 1.82) is 0 Å². The largest absolute Gasteiger partial charge is 0.468 e. The van der Waals surface area contributed by atoms with Crippen LogP contribution >= 0.6 is 0 Å². The molecule has 2 unspecified atom stereocenters. The number of hydrogen-bond acceptors (Lipinski definition) is 5. The summed E-state index contributed by atoms with van der Waals surface area (Å²) in [6.45, 7) is 3.40. The zero-order valence-corrected chi connectivity index (χ0v) is 11.6. The van der Waals surface area contributed by atoms with E-state index >= 15 is 0 Å². The fourth-order valence-electron chi connectivity index (χ4n) is 2.46. The maximum atomic E-state index is 12.1. The van der Waals surface area contributed by atoms with Gasteiger partial charge in [-0.2, -0.15) is 0 Å². The number of hydrogen-bond donors (Lipinski definition) is 1. The van der Waals surface area contributed by atoms with Crippen LogP contribution in [0.3, 0.4) is 0 Å². The van der Waals surface area contributed by atoms with E-state index in [4.69, 9.17) is 15.0 Å². The molecule has 1 rings (SSSR count). The maximum Gasteiger partial charge on any atom is 0.326 e. The first-order chi connectivity index (χ1) is 9.18. The molecule has 2 atom stereocenters. The van der Waals surface area contributed by atoms with Crippen molar-refractivity contribution >= 4 is 5.97 Å². The molecule has 0 aromatic heterocycles. The number of carbonyl (C=O) groups is 1.